The van der Waals surface area contributed by atoms with Crippen LogP contribution in [0.15, 0.2) is 30.6 Å². The highest BCUT2D eigenvalue weighted by atomic mass is 19.1. The molecule has 0 saturated heterocycles. The van der Waals surface area contributed by atoms with E-state index in [-0.39, 0.29) is 5.82 Å². The van der Waals surface area contributed by atoms with Crippen LogP contribution in [0.3, 0.4) is 0 Å². The normalized spacial score (nSPS) is 10.8. The third kappa shape index (κ3) is 3.00. The van der Waals surface area contributed by atoms with Crippen LogP contribution < -0.4 is 9.30 Å². The van der Waals surface area contributed by atoms with E-state index in [0.717, 1.165) is 30.7 Å². The molecule has 0 atom stereocenters. The van der Waals surface area contributed by atoms with Crippen molar-refractivity contribution in [2.45, 2.75) is 39.8 Å². The first-order chi connectivity index (χ1) is 9.69. The van der Waals surface area contributed by atoms with Gasteiger partial charge in [0.15, 0.2) is 0 Å². The number of benzene rings is 1. The zero-order chi connectivity index (χ0) is 14.5. The number of imidazole rings is 1. The van der Waals surface area contributed by atoms with Gasteiger partial charge in [0.25, 0.3) is 5.82 Å². The lowest BCUT2D eigenvalue weighted by Crippen LogP contribution is -2.37. The van der Waals surface area contributed by atoms with E-state index < -0.39 is 0 Å². The Labute approximate surface area is 119 Å². The Morgan fingerprint density at radius 3 is 2.75 bits per heavy atom. The Morgan fingerprint density at radius 2 is 2.10 bits per heavy atom. The van der Waals surface area contributed by atoms with Gasteiger partial charge in [0.1, 0.15) is 30.5 Å². The van der Waals surface area contributed by atoms with E-state index in [1.165, 1.54) is 11.9 Å². The molecule has 0 spiro atoms. The van der Waals surface area contributed by atoms with Crippen molar-refractivity contribution in [1.29, 1.82) is 0 Å². The average Bonchev–Trinajstić information content (AvgIpc) is 2.81. The highest BCUT2D eigenvalue weighted by Crippen LogP contribution is 2.19. The fourth-order valence-electron chi connectivity index (χ4n) is 2.55. The van der Waals surface area contributed by atoms with Gasteiger partial charge in [-0.2, -0.15) is 0 Å². The Kier molecular flexibility index (Phi) is 4.77. The van der Waals surface area contributed by atoms with E-state index in [2.05, 4.69) is 35.4 Å². The largest absolute Gasteiger partial charge is 0.496 e. The number of hydrogen-bond acceptors (Lipinski definition) is 1. The molecule has 1 aromatic heterocycles. The molecular formula is C16H22FN2O+. The minimum Gasteiger partial charge on any atom is -0.496 e. The van der Waals surface area contributed by atoms with Crippen molar-refractivity contribution in [2.75, 3.05) is 7.11 Å². The summed E-state index contributed by atoms with van der Waals surface area (Å²) in [6, 6.07) is 4.65. The van der Waals surface area contributed by atoms with Gasteiger partial charge in [-0.15, -0.1) is 0 Å². The van der Waals surface area contributed by atoms with Crippen LogP contribution in [-0.2, 0) is 19.5 Å². The number of hydrogen-bond donors (Lipinski definition) is 0. The minimum absolute atomic E-state index is 0.229. The van der Waals surface area contributed by atoms with Crippen molar-refractivity contribution < 1.29 is 13.7 Å². The Bertz CT molecular complexity index is 578. The van der Waals surface area contributed by atoms with Crippen LogP contribution in [0.4, 0.5) is 4.39 Å². The van der Waals surface area contributed by atoms with Gasteiger partial charge in [-0.25, -0.2) is 13.5 Å². The van der Waals surface area contributed by atoms with Crippen molar-refractivity contribution in [3.8, 4) is 5.75 Å². The first kappa shape index (κ1) is 14.6. The van der Waals surface area contributed by atoms with E-state index in [1.807, 2.05) is 0 Å². The molecule has 0 saturated carbocycles. The lowest BCUT2D eigenvalue weighted by Gasteiger charge is -2.08. The first-order valence-electron chi connectivity index (χ1n) is 7.09. The van der Waals surface area contributed by atoms with Crippen LogP contribution in [0, 0.1) is 5.82 Å². The van der Waals surface area contributed by atoms with Gasteiger partial charge in [0.05, 0.1) is 13.7 Å². The first-order valence-corrected chi connectivity index (χ1v) is 7.09. The molecule has 0 fully saturated rings. The Hall–Kier alpha value is -1.84. The third-order valence-electron chi connectivity index (χ3n) is 3.45. The van der Waals surface area contributed by atoms with Crippen LogP contribution in [0.5, 0.6) is 5.75 Å². The quantitative estimate of drug-likeness (QED) is 0.742. The summed E-state index contributed by atoms with van der Waals surface area (Å²) in [5.74, 6) is 1.75. The molecule has 0 amide bonds. The summed E-state index contributed by atoms with van der Waals surface area (Å²) in [5.41, 5.74) is 0.862. The van der Waals surface area contributed by atoms with E-state index in [1.54, 1.807) is 19.2 Å². The smallest absolute Gasteiger partial charge is 0.256 e. The summed E-state index contributed by atoms with van der Waals surface area (Å²) < 4.78 is 23.2. The molecule has 0 aliphatic heterocycles. The van der Waals surface area contributed by atoms with Crippen LogP contribution >= 0.6 is 0 Å². The molecule has 0 radical (unpaired) electrons. The molecule has 0 aliphatic rings. The highest BCUT2D eigenvalue weighted by Gasteiger charge is 2.16. The van der Waals surface area contributed by atoms with E-state index in [0.29, 0.717) is 6.54 Å². The van der Waals surface area contributed by atoms with Crippen molar-refractivity contribution in [1.82, 2.24) is 4.57 Å². The molecule has 0 bridgehead atoms. The van der Waals surface area contributed by atoms with E-state index in [9.17, 15) is 4.39 Å². The number of methoxy groups -OCH3 is 1. The second-order valence-corrected chi connectivity index (χ2v) is 4.85. The highest BCUT2D eigenvalue weighted by molar-refractivity contribution is 5.33. The number of rotatable bonds is 6. The van der Waals surface area contributed by atoms with Crippen molar-refractivity contribution >= 4 is 0 Å². The molecule has 108 valence electrons. The zero-order valence-electron chi connectivity index (χ0n) is 12.4. The predicted molar refractivity (Wildman–Crippen MR) is 76.4 cm³/mol. The number of halogens is 1. The number of aromatic nitrogens is 2. The summed E-state index contributed by atoms with van der Waals surface area (Å²) in [5, 5.41) is 0. The second kappa shape index (κ2) is 6.55. The fourth-order valence-corrected chi connectivity index (χ4v) is 2.55. The minimum atomic E-state index is -0.229. The molecule has 0 aliphatic carbocycles. The van der Waals surface area contributed by atoms with Gasteiger partial charge in [-0.3, -0.25) is 0 Å². The zero-order valence-corrected chi connectivity index (χ0v) is 12.4. The molecule has 20 heavy (non-hydrogen) atoms. The topological polar surface area (TPSA) is 18.0 Å². The average molecular weight is 277 g/mol. The molecular weight excluding hydrogens is 255 g/mol. The van der Waals surface area contributed by atoms with Gasteiger partial charge in [-0.1, -0.05) is 13.8 Å². The Morgan fingerprint density at radius 1 is 1.30 bits per heavy atom. The lowest BCUT2D eigenvalue weighted by atomic mass is 10.2. The monoisotopic (exact) mass is 277 g/mol. The maximum absolute atomic E-state index is 13.4. The van der Waals surface area contributed by atoms with Crippen molar-refractivity contribution in [2.24, 2.45) is 0 Å². The molecule has 1 aromatic carbocycles. The number of aryl methyl sites for hydroxylation is 1. The van der Waals surface area contributed by atoms with E-state index >= 15 is 0 Å². The maximum Gasteiger partial charge on any atom is 0.256 e. The molecule has 2 rings (SSSR count). The number of nitrogens with zero attached hydrogens (tertiary/aromatic N) is 2. The molecule has 4 heteroatoms. The summed E-state index contributed by atoms with van der Waals surface area (Å²) in [4.78, 5) is 0. The number of ether oxygens (including phenoxy) is 1. The third-order valence-corrected chi connectivity index (χ3v) is 3.45. The van der Waals surface area contributed by atoms with Crippen LogP contribution in [-0.4, -0.2) is 11.7 Å². The molecule has 0 unspecified atom stereocenters. The summed E-state index contributed by atoms with van der Waals surface area (Å²) in [6.07, 6.45) is 6.20. The van der Waals surface area contributed by atoms with E-state index in [4.69, 9.17) is 4.74 Å². The van der Waals surface area contributed by atoms with Crippen LogP contribution in [0.1, 0.15) is 31.7 Å². The summed E-state index contributed by atoms with van der Waals surface area (Å²) in [6.45, 7) is 5.94. The van der Waals surface area contributed by atoms with Gasteiger partial charge in [0, 0.05) is 12.0 Å². The summed E-state index contributed by atoms with van der Waals surface area (Å²) >= 11 is 0. The predicted octanol–water partition coefficient (Wildman–Crippen LogP) is 2.94. The Balaban J connectivity index is 2.32. The second-order valence-electron chi connectivity index (χ2n) is 4.85. The van der Waals surface area contributed by atoms with Gasteiger partial charge < -0.3 is 4.74 Å². The molecule has 3 nitrogen and oxygen atoms in total. The van der Waals surface area contributed by atoms with Gasteiger partial charge >= 0.3 is 0 Å². The lowest BCUT2D eigenvalue weighted by molar-refractivity contribution is -0.695. The molecule has 1 heterocycles. The summed E-state index contributed by atoms with van der Waals surface area (Å²) in [7, 11) is 1.62. The maximum atomic E-state index is 13.4. The molecule has 0 N–H and O–H groups in total. The van der Waals surface area contributed by atoms with Crippen LogP contribution in [0.25, 0.3) is 0 Å². The standard InChI is InChI=1S/C16H22FN2O/c1-4-8-18-9-10-19(16(18)5-2)12-13-11-14(17)6-7-15(13)20-3/h6-7,9-11H,4-5,8,12H2,1-3H3/q+1. The van der Waals surface area contributed by atoms with Crippen molar-refractivity contribution in [3.63, 3.8) is 0 Å². The SMILES string of the molecule is CCCn1cc[n+](Cc2cc(F)ccc2OC)c1CC. The van der Waals surface area contributed by atoms with Crippen LogP contribution in [0.2, 0.25) is 0 Å². The van der Waals surface area contributed by atoms with Crippen molar-refractivity contribution in [3.05, 3.63) is 47.8 Å². The molecule has 2 aromatic rings. The van der Waals surface area contributed by atoms with Gasteiger partial charge in [0.2, 0.25) is 0 Å². The van der Waals surface area contributed by atoms with Gasteiger partial charge in [-0.05, 0) is 24.6 Å². The fraction of sp³-hybridized carbons (Fsp3) is 0.438.